The standard InChI is InChI=1S/C32H27FN2O4/c33-27-13-9-24(10-14-27)21-35(32(37)16-12-23-5-2-1-3-6-23)28-8-4-7-25(17-28)19-31(36)34-20-26-11-15-29-30(18-26)39-22-38-29/h1-18H,19-22H2,(H,34,36)/b16-12+. The molecule has 0 saturated carbocycles. The summed E-state index contributed by atoms with van der Waals surface area (Å²) in [7, 11) is 0. The van der Waals surface area contributed by atoms with Gasteiger partial charge in [0.15, 0.2) is 11.5 Å². The summed E-state index contributed by atoms with van der Waals surface area (Å²) < 4.78 is 24.2. The van der Waals surface area contributed by atoms with Crippen molar-refractivity contribution < 1.29 is 23.5 Å². The summed E-state index contributed by atoms with van der Waals surface area (Å²) in [5.74, 6) is 0.647. The summed E-state index contributed by atoms with van der Waals surface area (Å²) in [6.45, 7) is 0.802. The maximum Gasteiger partial charge on any atom is 0.251 e. The third-order valence-electron chi connectivity index (χ3n) is 6.25. The number of anilines is 1. The predicted molar refractivity (Wildman–Crippen MR) is 148 cm³/mol. The van der Waals surface area contributed by atoms with E-state index in [1.54, 1.807) is 23.1 Å². The molecule has 0 radical (unpaired) electrons. The number of carbonyl (C=O) groups excluding carboxylic acids is 2. The van der Waals surface area contributed by atoms with Gasteiger partial charge in [0.1, 0.15) is 5.82 Å². The number of benzene rings is 4. The van der Waals surface area contributed by atoms with Crippen molar-refractivity contribution in [2.24, 2.45) is 0 Å². The van der Waals surface area contributed by atoms with Crippen LogP contribution in [0.3, 0.4) is 0 Å². The van der Waals surface area contributed by atoms with Gasteiger partial charge in [-0.3, -0.25) is 9.59 Å². The van der Waals surface area contributed by atoms with Crippen LogP contribution in [0.25, 0.3) is 6.08 Å². The Morgan fingerprint density at radius 1 is 0.821 bits per heavy atom. The summed E-state index contributed by atoms with van der Waals surface area (Å²) in [6.07, 6.45) is 3.42. The first-order chi connectivity index (χ1) is 19.0. The second-order valence-electron chi connectivity index (χ2n) is 9.11. The Hall–Kier alpha value is -4.91. The Morgan fingerprint density at radius 3 is 2.41 bits per heavy atom. The summed E-state index contributed by atoms with van der Waals surface area (Å²) in [6, 6.07) is 28.5. The molecule has 0 aromatic heterocycles. The van der Waals surface area contributed by atoms with Crippen molar-refractivity contribution in [1.82, 2.24) is 5.32 Å². The molecule has 7 heteroatoms. The Bertz CT molecular complexity index is 1490. The van der Waals surface area contributed by atoms with Crippen LogP contribution in [0.2, 0.25) is 0 Å². The minimum atomic E-state index is -0.339. The zero-order valence-corrected chi connectivity index (χ0v) is 21.2. The van der Waals surface area contributed by atoms with Crippen molar-refractivity contribution in [3.8, 4) is 11.5 Å². The SMILES string of the molecule is O=C(Cc1cccc(N(Cc2ccc(F)cc2)C(=O)/C=C/c2ccccc2)c1)NCc1ccc2c(c1)OCO2. The number of rotatable bonds is 9. The lowest BCUT2D eigenvalue weighted by atomic mass is 10.1. The van der Waals surface area contributed by atoms with E-state index in [4.69, 9.17) is 9.47 Å². The van der Waals surface area contributed by atoms with Crippen LogP contribution < -0.4 is 19.7 Å². The second-order valence-corrected chi connectivity index (χ2v) is 9.11. The average molecular weight is 523 g/mol. The zero-order valence-electron chi connectivity index (χ0n) is 21.2. The molecule has 0 fully saturated rings. The number of fused-ring (bicyclic) bond motifs is 1. The van der Waals surface area contributed by atoms with Gasteiger partial charge in [-0.1, -0.05) is 60.7 Å². The number of halogens is 1. The highest BCUT2D eigenvalue weighted by Gasteiger charge is 2.16. The van der Waals surface area contributed by atoms with Gasteiger partial charge in [0, 0.05) is 18.3 Å². The van der Waals surface area contributed by atoms with Gasteiger partial charge < -0.3 is 19.7 Å². The number of nitrogens with zero attached hydrogens (tertiary/aromatic N) is 1. The lowest BCUT2D eigenvalue weighted by molar-refractivity contribution is -0.120. The number of nitrogens with one attached hydrogen (secondary N) is 1. The molecule has 0 unspecified atom stereocenters. The van der Waals surface area contributed by atoms with Gasteiger partial charge in [-0.25, -0.2) is 4.39 Å². The molecule has 0 saturated heterocycles. The lowest BCUT2D eigenvalue weighted by Crippen LogP contribution is -2.29. The van der Waals surface area contributed by atoms with Crippen molar-refractivity contribution in [2.75, 3.05) is 11.7 Å². The van der Waals surface area contributed by atoms with E-state index in [1.165, 1.54) is 18.2 Å². The topological polar surface area (TPSA) is 67.9 Å². The predicted octanol–water partition coefficient (Wildman–Crippen LogP) is 5.66. The fourth-order valence-corrected chi connectivity index (χ4v) is 4.22. The van der Waals surface area contributed by atoms with Crippen LogP contribution in [-0.4, -0.2) is 18.6 Å². The first-order valence-electron chi connectivity index (χ1n) is 12.6. The van der Waals surface area contributed by atoms with Crippen LogP contribution >= 0.6 is 0 Å². The molecule has 0 bridgehead atoms. The Morgan fingerprint density at radius 2 is 1.59 bits per heavy atom. The van der Waals surface area contributed by atoms with Crippen molar-refractivity contribution in [2.45, 2.75) is 19.5 Å². The number of amides is 2. The Balaban J connectivity index is 1.29. The molecule has 39 heavy (non-hydrogen) atoms. The summed E-state index contributed by atoms with van der Waals surface area (Å²) in [5, 5.41) is 2.93. The molecule has 0 aliphatic carbocycles. The maximum absolute atomic E-state index is 13.5. The third-order valence-corrected chi connectivity index (χ3v) is 6.25. The number of hydrogen-bond acceptors (Lipinski definition) is 4. The van der Waals surface area contributed by atoms with Crippen LogP contribution in [-0.2, 0) is 29.1 Å². The molecule has 2 amide bonds. The lowest BCUT2D eigenvalue weighted by Gasteiger charge is -2.22. The fraction of sp³-hybridized carbons (Fsp3) is 0.125. The molecule has 1 N–H and O–H groups in total. The summed E-state index contributed by atoms with van der Waals surface area (Å²) in [5.41, 5.74) is 4.00. The van der Waals surface area contributed by atoms with Gasteiger partial charge in [-0.2, -0.15) is 0 Å². The van der Waals surface area contributed by atoms with Crippen LogP contribution in [0.4, 0.5) is 10.1 Å². The highest BCUT2D eigenvalue weighted by atomic mass is 19.1. The second kappa shape index (κ2) is 12.1. The van der Waals surface area contributed by atoms with Crippen LogP contribution in [0.1, 0.15) is 22.3 Å². The Kier molecular flexibility index (Phi) is 7.98. The Labute approximate surface area is 226 Å². The van der Waals surface area contributed by atoms with E-state index in [9.17, 15) is 14.0 Å². The first kappa shape index (κ1) is 25.7. The first-order valence-corrected chi connectivity index (χ1v) is 12.6. The van der Waals surface area contributed by atoms with E-state index in [0.29, 0.717) is 23.7 Å². The van der Waals surface area contributed by atoms with Crippen molar-refractivity contribution in [3.63, 3.8) is 0 Å². The summed E-state index contributed by atoms with van der Waals surface area (Å²) in [4.78, 5) is 27.7. The minimum absolute atomic E-state index is 0.148. The number of carbonyl (C=O) groups is 2. The maximum atomic E-state index is 13.5. The molecule has 0 spiro atoms. The van der Waals surface area contributed by atoms with Gasteiger partial charge in [-0.15, -0.1) is 0 Å². The van der Waals surface area contributed by atoms with E-state index >= 15 is 0 Å². The van der Waals surface area contributed by atoms with Gasteiger partial charge in [0.25, 0.3) is 5.91 Å². The fourth-order valence-electron chi connectivity index (χ4n) is 4.22. The molecule has 1 aliphatic rings. The minimum Gasteiger partial charge on any atom is -0.454 e. The summed E-state index contributed by atoms with van der Waals surface area (Å²) >= 11 is 0. The highest BCUT2D eigenvalue weighted by Crippen LogP contribution is 2.32. The van der Waals surface area contributed by atoms with E-state index in [2.05, 4.69) is 5.32 Å². The van der Waals surface area contributed by atoms with E-state index in [-0.39, 0.29) is 37.4 Å². The number of ether oxygens (including phenoxy) is 2. The van der Waals surface area contributed by atoms with Gasteiger partial charge in [-0.05, 0) is 64.7 Å². The molecule has 5 rings (SSSR count). The van der Waals surface area contributed by atoms with Gasteiger partial charge in [0.2, 0.25) is 12.7 Å². The van der Waals surface area contributed by atoms with Gasteiger partial charge in [0.05, 0.1) is 13.0 Å². The molecule has 0 atom stereocenters. The smallest absolute Gasteiger partial charge is 0.251 e. The molecule has 4 aromatic rings. The quantitative estimate of drug-likeness (QED) is 0.288. The monoisotopic (exact) mass is 522 g/mol. The van der Waals surface area contributed by atoms with E-state index < -0.39 is 0 Å². The molecule has 196 valence electrons. The van der Waals surface area contributed by atoms with Crippen LogP contribution in [0.5, 0.6) is 11.5 Å². The zero-order chi connectivity index (χ0) is 27.0. The molecular weight excluding hydrogens is 495 g/mol. The van der Waals surface area contributed by atoms with Crippen molar-refractivity contribution in [3.05, 3.63) is 131 Å². The molecule has 1 heterocycles. The van der Waals surface area contributed by atoms with E-state index in [0.717, 1.165) is 22.3 Å². The molecule has 6 nitrogen and oxygen atoms in total. The largest absolute Gasteiger partial charge is 0.454 e. The third kappa shape index (κ3) is 6.90. The van der Waals surface area contributed by atoms with E-state index in [1.807, 2.05) is 72.8 Å². The van der Waals surface area contributed by atoms with Crippen molar-refractivity contribution >= 4 is 23.6 Å². The van der Waals surface area contributed by atoms with Gasteiger partial charge >= 0.3 is 0 Å². The highest BCUT2D eigenvalue weighted by molar-refractivity contribution is 6.03. The molecule has 4 aromatic carbocycles. The van der Waals surface area contributed by atoms with Crippen molar-refractivity contribution in [1.29, 1.82) is 0 Å². The number of hydrogen-bond donors (Lipinski definition) is 1. The molecular formula is C32H27FN2O4. The van der Waals surface area contributed by atoms with Crippen LogP contribution in [0, 0.1) is 5.82 Å². The normalized spacial score (nSPS) is 11.9. The molecule has 1 aliphatic heterocycles. The van der Waals surface area contributed by atoms with Crippen LogP contribution in [0.15, 0.2) is 103 Å². The average Bonchev–Trinajstić information content (AvgIpc) is 3.43.